The molecular weight excluding hydrogens is 236 g/mol. The Morgan fingerprint density at radius 3 is 2.18 bits per heavy atom. The molecular formula is C14H11ClO2. The van der Waals surface area contributed by atoms with Gasteiger partial charge in [-0.3, -0.25) is 0 Å². The number of halogens is 1. The highest BCUT2D eigenvalue weighted by Gasteiger charge is 2.09. The summed E-state index contributed by atoms with van der Waals surface area (Å²) in [6.45, 7) is 2.02. The molecule has 0 aliphatic rings. The van der Waals surface area contributed by atoms with Crippen LogP contribution in [0.25, 0.3) is 11.1 Å². The van der Waals surface area contributed by atoms with Gasteiger partial charge in [0, 0.05) is 0 Å². The number of hydrogen-bond donors (Lipinski definition) is 1. The van der Waals surface area contributed by atoms with Gasteiger partial charge in [-0.05, 0) is 30.2 Å². The summed E-state index contributed by atoms with van der Waals surface area (Å²) in [6, 6.07) is 13.0. The highest BCUT2D eigenvalue weighted by molar-refractivity contribution is 6.33. The topological polar surface area (TPSA) is 37.3 Å². The molecule has 0 fully saturated rings. The van der Waals surface area contributed by atoms with Crippen LogP contribution in [0.15, 0.2) is 42.5 Å². The quantitative estimate of drug-likeness (QED) is 0.869. The van der Waals surface area contributed by atoms with Crippen molar-refractivity contribution in [2.45, 2.75) is 6.92 Å². The average Bonchev–Trinajstić information content (AvgIpc) is 2.29. The fraction of sp³-hybridized carbons (Fsp3) is 0.0714. The first kappa shape index (κ1) is 11.7. The molecule has 1 N–H and O–H groups in total. The van der Waals surface area contributed by atoms with E-state index in [1.165, 1.54) is 11.6 Å². The van der Waals surface area contributed by atoms with Crippen molar-refractivity contribution in [3.05, 3.63) is 58.6 Å². The van der Waals surface area contributed by atoms with Gasteiger partial charge in [-0.25, -0.2) is 4.79 Å². The summed E-state index contributed by atoms with van der Waals surface area (Å²) in [7, 11) is 0. The third-order valence-electron chi connectivity index (χ3n) is 2.58. The zero-order valence-electron chi connectivity index (χ0n) is 9.27. The molecule has 3 heteroatoms. The van der Waals surface area contributed by atoms with Gasteiger partial charge < -0.3 is 5.11 Å². The lowest BCUT2D eigenvalue weighted by Gasteiger charge is -2.05. The van der Waals surface area contributed by atoms with Gasteiger partial charge >= 0.3 is 5.97 Å². The second-order valence-electron chi connectivity index (χ2n) is 3.87. The van der Waals surface area contributed by atoms with Crippen molar-refractivity contribution >= 4 is 17.6 Å². The smallest absolute Gasteiger partial charge is 0.337 e. The summed E-state index contributed by atoms with van der Waals surface area (Å²) < 4.78 is 0. The van der Waals surface area contributed by atoms with E-state index in [9.17, 15) is 4.79 Å². The van der Waals surface area contributed by atoms with Gasteiger partial charge in [0.15, 0.2) is 0 Å². The molecule has 2 nitrogen and oxygen atoms in total. The fourth-order valence-corrected chi connectivity index (χ4v) is 1.88. The first-order chi connectivity index (χ1) is 8.08. The Balaban J connectivity index is 2.44. The number of rotatable bonds is 2. The van der Waals surface area contributed by atoms with Crippen molar-refractivity contribution in [1.82, 2.24) is 0 Å². The molecule has 2 aromatic carbocycles. The maximum Gasteiger partial charge on any atom is 0.337 e. The lowest BCUT2D eigenvalue weighted by Crippen LogP contribution is -1.97. The Labute approximate surface area is 104 Å². The van der Waals surface area contributed by atoms with E-state index in [4.69, 9.17) is 16.7 Å². The molecule has 0 bridgehead atoms. The molecule has 0 aromatic heterocycles. The minimum Gasteiger partial charge on any atom is -0.478 e. The molecule has 2 aromatic rings. The van der Waals surface area contributed by atoms with Crippen LogP contribution in [-0.2, 0) is 0 Å². The summed E-state index contributed by atoms with van der Waals surface area (Å²) in [4.78, 5) is 10.8. The molecule has 2 rings (SSSR count). The van der Waals surface area contributed by atoms with Gasteiger partial charge in [-0.1, -0.05) is 47.5 Å². The van der Waals surface area contributed by atoms with Crippen molar-refractivity contribution in [3.8, 4) is 11.1 Å². The molecule has 0 saturated carbocycles. The Bertz CT molecular complexity index is 559. The molecule has 0 amide bonds. The highest BCUT2D eigenvalue weighted by atomic mass is 35.5. The minimum atomic E-state index is -1.01. The van der Waals surface area contributed by atoms with E-state index in [2.05, 4.69) is 0 Å². The number of benzene rings is 2. The predicted octanol–water partition coefficient (Wildman–Crippen LogP) is 4.01. The highest BCUT2D eigenvalue weighted by Crippen LogP contribution is 2.25. The number of aryl methyl sites for hydroxylation is 1. The number of hydrogen-bond acceptors (Lipinski definition) is 1. The summed E-state index contributed by atoms with van der Waals surface area (Å²) in [5.74, 6) is -1.01. The van der Waals surface area contributed by atoms with Crippen LogP contribution >= 0.6 is 11.6 Å². The molecule has 0 heterocycles. The van der Waals surface area contributed by atoms with Crippen molar-refractivity contribution in [2.75, 3.05) is 0 Å². The molecule has 0 saturated heterocycles. The van der Waals surface area contributed by atoms with Crippen LogP contribution in [0.2, 0.25) is 5.02 Å². The molecule has 0 aliphatic heterocycles. The number of carbonyl (C=O) groups is 1. The zero-order valence-corrected chi connectivity index (χ0v) is 10.0. The van der Waals surface area contributed by atoms with Crippen molar-refractivity contribution in [2.24, 2.45) is 0 Å². The second kappa shape index (κ2) is 4.60. The molecule has 0 radical (unpaired) electrons. The average molecular weight is 247 g/mol. The normalized spacial score (nSPS) is 10.2. The fourth-order valence-electron chi connectivity index (χ4n) is 1.61. The van der Waals surface area contributed by atoms with Crippen LogP contribution in [0.1, 0.15) is 15.9 Å². The van der Waals surface area contributed by atoms with E-state index in [1.807, 2.05) is 31.2 Å². The largest absolute Gasteiger partial charge is 0.478 e. The van der Waals surface area contributed by atoms with Crippen molar-refractivity contribution < 1.29 is 9.90 Å². The summed E-state index contributed by atoms with van der Waals surface area (Å²) in [5, 5.41) is 9.14. The van der Waals surface area contributed by atoms with E-state index in [0.29, 0.717) is 0 Å². The summed E-state index contributed by atoms with van der Waals surface area (Å²) >= 11 is 5.92. The monoisotopic (exact) mass is 246 g/mol. The van der Waals surface area contributed by atoms with Crippen molar-refractivity contribution in [1.29, 1.82) is 0 Å². The van der Waals surface area contributed by atoms with Crippen LogP contribution < -0.4 is 0 Å². The van der Waals surface area contributed by atoms with E-state index in [0.717, 1.165) is 11.1 Å². The van der Waals surface area contributed by atoms with Crippen LogP contribution in [0.4, 0.5) is 0 Å². The van der Waals surface area contributed by atoms with E-state index in [1.54, 1.807) is 12.1 Å². The van der Waals surface area contributed by atoms with Gasteiger partial charge in [0.05, 0.1) is 10.6 Å². The van der Waals surface area contributed by atoms with Gasteiger partial charge in [-0.2, -0.15) is 0 Å². The minimum absolute atomic E-state index is 0.127. The number of carboxylic acids is 1. The first-order valence-corrected chi connectivity index (χ1v) is 5.55. The van der Waals surface area contributed by atoms with E-state index < -0.39 is 5.97 Å². The number of carboxylic acid groups (broad SMARTS) is 1. The Morgan fingerprint density at radius 2 is 1.65 bits per heavy atom. The molecule has 86 valence electrons. The Kier molecular flexibility index (Phi) is 3.16. The predicted molar refractivity (Wildman–Crippen MR) is 68.6 cm³/mol. The lowest BCUT2D eigenvalue weighted by molar-refractivity contribution is 0.0697. The first-order valence-electron chi connectivity index (χ1n) is 5.18. The van der Waals surface area contributed by atoms with Gasteiger partial charge in [-0.15, -0.1) is 0 Å². The second-order valence-corrected chi connectivity index (χ2v) is 4.27. The number of aromatic carboxylic acids is 1. The van der Waals surface area contributed by atoms with Crippen molar-refractivity contribution in [3.63, 3.8) is 0 Å². The molecule has 0 unspecified atom stereocenters. The summed E-state index contributed by atoms with van der Waals surface area (Å²) in [6.07, 6.45) is 0. The summed E-state index contributed by atoms with van der Waals surface area (Å²) in [5.41, 5.74) is 3.25. The molecule has 0 atom stereocenters. The molecule has 17 heavy (non-hydrogen) atoms. The third-order valence-corrected chi connectivity index (χ3v) is 2.90. The third kappa shape index (κ3) is 2.48. The maximum absolute atomic E-state index is 10.8. The van der Waals surface area contributed by atoms with Crippen LogP contribution in [-0.4, -0.2) is 11.1 Å². The molecule has 0 spiro atoms. The lowest BCUT2D eigenvalue weighted by atomic mass is 10.0. The molecule has 0 aliphatic carbocycles. The van der Waals surface area contributed by atoms with Crippen LogP contribution in [0.3, 0.4) is 0 Å². The van der Waals surface area contributed by atoms with Crippen LogP contribution in [0, 0.1) is 6.92 Å². The standard InChI is InChI=1S/C14H11ClO2/c1-9-2-4-10(5-3-9)11-6-7-12(14(16)17)13(15)8-11/h2-8H,1H3,(H,16,17). The van der Waals surface area contributed by atoms with Gasteiger partial charge in [0.25, 0.3) is 0 Å². The van der Waals surface area contributed by atoms with E-state index in [-0.39, 0.29) is 10.6 Å². The van der Waals surface area contributed by atoms with E-state index >= 15 is 0 Å². The Morgan fingerprint density at radius 1 is 1.06 bits per heavy atom. The maximum atomic E-state index is 10.8. The van der Waals surface area contributed by atoms with Gasteiger partial charge in [0.1, 0.15) is 0 Å². The SMILES string of the molecule is Cc1ccc(-c2ccc(C(=O)O)c(Cl)c2)cc1. The zero-order chi connectivity index (χ0) is 12.4. The Hall–Kier alpha value is -1.80. The van der Waals surface area contributed by atoms with Crippen LogP contribution in [0.5, 0.6) is 0 Å². The van der Waals surface area contributed by atoms with Gasteiger partial charge in [0.2, 0.25) is 0 Å².